The molecule has 0 aromatic carbocycles. The van der Waals surface area contributed by atoms with Gasteiger partial charge >= 0.3 is 0 Å². The van der Waals surface area contributed by atoms with Crippen molar-refractivity contribution in [1.82, 2.24) is 15.5 Å². The van der Waals surface area contributed by atoms with E-state index in [0.717, 1.165) is 36.1 Å². The maximum absolute atomic E-state index is 5.32. The Morgan fingerprint density at radius 3 is 2.94 bits per heavy atom. The smallest absolute Gasteiger partial charge is 0.227 e. The topological polar surface area (TPSA) is 51.0 Å². The van der Waals surface area contributed by atoms with Gasteiger partial charge in [-0.3, -0.25) is 0 Å². The van der Waals surface area contributed by atoms with Crippen LogP contribution in [0.1, 0.15) is 18.7 Å². The highest BCUT2D eigenvalue weighted by Crippen LogP contribution is 2.23. The van der Waals surface area contributed by atoms with Crippen molar-refractivity contribution in [2.75, 3.05) is 13.1 Å². The minimum atomic E-state index is 0. The summed E-state index contributed by atoms with van der Waals surface area (Å²) < 4.78 is 5.32. The third-order valence-corrected chi connectivity index (χ3v) is 4.00. The average molecular weight is 286 g/mol. The van der Waals surface area contributed by atoms with Gasteiger partial charge in [-0.05, 0) is 43.3 Å². The summed E-state index contributed by atoms with van der Waals surface area (Å²) in [5.41, 5.74) is 0. The Bertz CT molecular complexity index is 465. The Hall–Kier alpha value is -0.910. The normalized spacial score (nSPS) is 16.4. The molecule has 2 aromatic rings. The van der Waals surface area contributed by atoms with E-state index in [1.807, 2.05) is 17.5 Å². The van der Waals surface area contributed by atoms with Gasteiger partial charge in [0.25, 0.3) is 0 Å². The third-order valence-electron chi connectivity index (χ3n) is 3.13. The van der Waals surface area contributed by atoms with Crippen LogP contribution in [0.4, 0.5) is 0 Å². The van der Waals surface area contributed by atoms with Crippen molar-refractivity contribution in [3.8, 4) is 10.7 Å². The second-order valence-electron chi connectivity index (χ2n) is 4.39. The molecule has 98 valence electrons. The van der Waals surface area contributed by atoms with Gasteiger partial charge in [-0.2, -0.15) is 4.98 Å². The van der Waals surface area contributed by atoms with Crippen LogP contribution < -0.4 is 5.32 Å². The minimum absolute atomic E-state index is 0. The lowest BCUT2D eigenvalue weighted by atomic mass is 9.95. The molecule has 0 bridgehead atoms. The zero-order valence-corrected chi connectivity index (χ0v) is 11.6. The van der Waals surface area contributed by atoms with Crippen molar-refractivity contribution in [3.63, 3.8) is 0 Å². The predicted octanol–water partition coefficient (Wildman–Crippen LogP) is 2.76. The molecule has 1 fully saturated rings. The number of rotatable bonds is 3. The van der Waals surface area contributed by atoms with E-state index in [2.05, 4.69) is 15.5 Å². The fourth-order valence-corrected chi connectivity index (χ4v) is 2.83. The van der Waals surface area contributed by atoms with E-state index in [-0.39, 0.29) is 12.4 Å². The maximum Gasteiger partial charge on any atom is 0.227 e. The highest BCUT2D eigenvalue weighted by atomic mass is 35.5. The SMILES string of the molecule is Cl.c1csc(-c2noc(CC3CCNCC3)n2)c1. The largest absolute Gasteiger partial charge is 0.339 e. The standard InChI is InChI=1S/C12H15N3OS.ClH/c1-2-10(17-7-1)12-14-11(16-15-12)8-9-3-5-13-6-4-9;/h1-2,7,9,13H,3-6,8H2;1H. The number of thiophene rings is 1. The number of nitrogens with one attached hydrogen (secondary N) is 1. The first-order valence-corrected chi connectivity index (χ1v) is 6.87. The second kappa shape index (κ2) is 6.31. The van der Waals surface area contributed by atoms with Crippen molar-refractivity contribution in [1.29, 1.82) is 0 Å². The van der Waals surface area contributed by atoms with Crippen LogP contribution in [0.5, 0.6) is 0 Å². The molecule has 1 aliphatic heterocycles. The summed E-state index contributed by atoms with van der Waals surface area (Å²) in [6.07, 6.45) is 3.33. The second-order valence-corrected chi connectivity index (χ2v) is 5.33. The van der Waals surface area contributed by atoms with Crippen molar-refractivity contribution >= 4 is 23.7 Å². The van der Waals surface area contributed by atoms with Gasteiger partial charge in [0.05, 0.1) is 4.88 Å². The molecule has 0 spiro atoms. The molecule has 1 aliphatic rings. The van der Waals surface area contributed by atoms with Crippen LogP contribution in [0.15, 0.2) is 22.0 Å². The number of aromatic nitrogens is 2. The molecule has 18 heavy (non-hydrogen) atoms. The quantitative estimate of drug-likeness (QED) is 0.942. The zero-order chi connectivity index (χ0) is 11.5. The van der Waals surface area contributed by atoms with Crippen molar-refractivity contribution in [2.45, 2.75) is 19.3 Å². The molecule has 0 aliphatic carbocycles. The average Bonchev–Trinajstić information content (AvgIpc) is 3.00. The Morgan fingerprint density at radius 1 is 1.39 bits per heavy atom. The lowest BCUT2D eigenvalue weighted by Gasteiger charge is -2.20. The molecule has 0 amide bonds. The van der Waals surface area contributed by atoms with Gasteiger partial charge in [-0.1, -0.05) is 11.2 Å². The summed E-state index contributed by atoms with van der Waals surface area (Å²) in [7, 11) is 0. The molecule has 1 saturated heterocycles. The molecule has 6 heteroatoms. The Morgan fingerprint density at radius 2 is 2.22 bits per heavy atom. The number of hydrogen-bond donors (Lipinski definition) is 1. The van der Waals surface area contributed by atoms with Crippen LogP contribution >= 0.6 is 23.7 Å². The first kappa shape index (κ1) is 13.5. The number of hydrogen-bond acceptors (Lipinski definition) is 5. The molecule has 2 aromatic heterocycles. The molecule has 0 saturated carbocycles. The molecule has 3 rings (SSSR count). The lowest BCUT2D eigenvalue weighted by molar-refractivity contribution is 0.313. The highest BCUT2D eigenvalue weighted by Gasteiger charge is 2.17. The van der Waals surface area contributed by atoms with Gasteiger partial charge in [-0.15, -0.1) is 23.7 Å². The molecular formula is C12H16ClN3OS. The van der Waals surface area contributed by atoms with E-state index in [9.17, 15) is 0 Å². The lowest BCUT2D eigenvalue weighted by Crippen LogP contribution is -2.28. The summed E-state index contributed by atoms with van der Waals surface area (Å²) in [6, 6.07) is 4.02. The van der Waals surface area contributed by atoms with E-state index in [0.29, 0.717) is 5.92 Å². The Balaban J connectivity index is 0.00000120. The molecule has 0 radical (unpaired) electrons. The van der Waals surface area contributed by atoms with E-state index in [1.165, 1.54) is 12.8 Å². The number of piperidine rings is 1. The van der Waals surface area contributed by atoms with Crippen molar-refractivity contribution < 1.29 is 4.52 Å². The summed E-state index contributed by atoms with van der Waals surface area (Å²) in [5, 5.41) is 9.42. The van der Waals surface area contributed by atoms with Crippen LogP contribution in [0.2, 0.25) is 0 Å². The summed E-state index contributed by atoms with van der Waals surface area (Å²) in [6.45, 7) is 2.22. The van der Waals surface area contributed by atoms with Gasteiger partial charge in [-0.25, -0.2) is 0 Å². The third kappa shape index (κ3) is 3.10. The van der Waals surface area contributed by atoms with Crippen molar-refractivity contribution in [3.05, 3.63) is 23.4 Å². The predicted molar refractivity (Wildman–Crippen MR) is 74.2 cm³/mol. The van der Waals surface area contributed by atoms with Crippen LogP contribution in [0.3, 0.4) is 0 Å². The Kier molecular flexibility index (Phi) is 4.74. The number of halogens is 1. The summed E-state index contributed by atoms with van der Waals surface area (Å²) >= 11 is 1.64. The van der Waals surface area contributed by atoms with Crippen LogP contribution in [0.25, 0.3) is 10.7 Å². The van der Waals surface area contributed by atoms with Gasteiger partial charge in [0.15, 0.2) is 0 Å². The van der Waals surface area contributed by atoms with Crippen LogP contribution in [0, 0.1) is 5.92 Å². The first-order chi connectivity index (χ1) is 8.42. The van der Waals surface area contributed by atoms with E-state index in [4.69, 9.17) is 4.52 Å². The molecule has 3 heterocycles. The highest BCUT2D eigenvalue weighted by molar-refractivity contribution is 7.13. The van der Waals surface area contributed by atoms with Crippen molar-refractivity contribution in [2.24, 2.45) is 5.92 Å². The van der Waals surface area contributed by atoms with Gasteiger partial charge in [0, 0.05) is 6.42 Å². The van der Waals surface area contributed by atoms with E-state index < -0.39 is 0 Å². The fraction of sp³-hybridized carbons (Fsp3) is 0.500. The monoisotopic (exact) mass is 285 g/mol. The zero-order valence-electron chi connectivity index (χ0n) is 9.96. The van der Waals surface area contributed by atoms with Gasteiger partial charge in [0.2, 0.25) is 11.7 Å². The molecule has 4 nitrogen and oxygen atoms in total. The first-order valence-electron chi connectivity index (χ1n) is 5.99. The molecule has 0 unspecified atom stereocenters. The van der Waals surface area contributed by atoms with E-state index in [1.54, 1.807) is 11.3 Å². The summed E-state index contributed by atoms with van der Waals surface area (Å²) in [4.78, 5) is 5.53. The maximum atomic E-state index is 5.32. The fourth-order valence-electron chi connectivity index (χ4n) is 2.18. The van der Waals surface area contributed by atoms with E-state index >= 15 is 0 Å². The van der Waals surface area contributed by atoms with Crippen LogP contribution in [-0.4, -0.2) is 23.2 Å². The van der Waals surface area contributed by atoms with Gasteiger partial charge in [0.1, 0.15) is 0 Å². The minimum Gasteiger partial charge on any atom is -0.339 e. The Labute approximate surface area is 116 Å². The van der Waals surface area contributed by atoms with Gasteiger partial charge < -0.3 is 9.84 Å². The molecule has 1 N–H and O–H groups in total. The number of nitrogens with zero attached hydrogens (tertiary/aromatic N) is 2. The summed E-state index contributed by atoms with van der Waals surface area (Å²) in [5.74, 6) is 2.19. The van der Waals surface area contributed by atoms with Crippen LogP contribution in [-0.2, 0) is 6.42 Å². The molecular weight excluding hydrogens is 270 g/mol. The molecule has 0 atom stereocenters.